The topological polar surface area (TPSA) is 33.5 Å². The minimum Gasteiger partial charge on any atom is -0.457 e. The van der Waals surface area contributed by atoms with E-state index < -0.39 is 0 Å². The fraction of sp³-hybridized carbons (Fsp3) is 0.279. The Morgan fingerprint density at radius 1 is 0.411 bits per heavy atom. The average Bonchev–Trinajstić information content (AvgIpc) is 3.97. The fourth-order valence-electron chi connectivity index (χ4n) is 10.5. The number of nitrogens with zero attached hydrogens (tertiary/aromatic N) is 4. The van der Waals surface area contributed by atoms with E-state index in [1.165, 1.54) is 50.2 Å². The van der Waals surface area contributed by atoms with Gasteiger partial charge in [-0.1, -0.05) is 193 Å². The van der Waals surface area contributed by atoms with E-state index in [4.69, 9.17) is 9.72 Å². The molecule has 0 aliphatic carbocycles. The van der Waals surface area contributed by atoms with Crippen LogP contribution in [0.2, 0.25) is 0 Å². The highest BCUT2D eigenvalue weighted by Gasteiger charge is 2.34. The number of fused-ring (bicyclic) bond motifs is 3. The molecule has 0 saturated heterocycles. The molecule has 0 spiro atoms. The highest BCUT2D eigenvalue weighted by atomic mass is 16.5. The Morgan fingerprint density at radius 3 is 1.66 bits per heavy atom. The van der Waals surface area contributed by atoms with E-state index >= 15 is 0 Å². The Balaban J connectivity index is 1.08. The molecule has 10 rings (SSSR count). The predicted molar refractivity (Wildman–Crippen MR) is 309 cm³/mol. The first-order chi connectivity index (χ1) is 34.6. The van der Waals surface area contributed by atoms with Gasteiger partial charge in [0.05, 0.1) is 17.7 Å². The van der Waals surface area contributed by atoms with Crippen molar-refractivity contribution in [3.8, 4) is 28.4 Å². The number of rotatable bonds is 10. The largest absolute Gasteiger partial charge is 0.457 e. The molecule has 1 aliphatic rings. The summed E-state index contributed by atoms with van der Waals surface area (Å²) in [7, 11) is 0. The minimum atomic E-state index is -0.203. The summed E-state index contributed by atoms with van der Waals surface area (Å²) in [5.41, 5.74) is 14.9. The molecule has 1 aliphatic heterocycles. The molecule has 0 saturated carbocycles. The average molecular weight is 961 g/mol. The van der Waals surface area contributed by atoms with E-state index in [0.29, 0.717) is 6.67 Å². The second-order valence-electron chi connectivity index (χ2n) is 24.4. The third kappa shape index (κ3) is 9.59. The lowest BCUT2D eigenvalue weighted by Crippen LogP contribution is -2.31. The van der Waals surface area contributed by atoms with Crippen molar-refractivity contribution in [2.75, 3.05) is 16.5 Å². The number of allylic oxidation sites excluding steroid dienone is 1. The van der Waals surface area contributed by atoms with Gasteiger partial charge in [0, 0.05) is 68.6 Å². The van der Waals surface area contributed by atoms with Crippen LogP contribution in [0.5, 0.6) is 11.5 Å². The van der Waals surface area contributed by atoms with Gasteiger partial charge in [0.15, 0.2) is 0 Å². The zero-order chi connectivity index (χ0) is 51.7. The van der Waals surface area contributed by atoms with Gasteiger partial charge < -0.3 is 14.5 Å². The highest BCUT2D eigenvalue weighted by molar-refractivity contribution is 6.10. The summed E-state index contributed by atoms with van der Waals surface area (Å²) in [6.45, 7) is 30.7. The van der Waals surface area contributed by atoms with Crippen LogP contribution in [-0.4, -0.2) is 16.2 Å². The van der Waals surface area contributed by atoms with Gasteiger partial charge in [-0.25, -0.2) is 4.98 Å². The quantitative estimate of drug-likeness (QED) is 0.137. The van der Waals surface area contributed by atoms with E-state index in [1.807, 2.05) is 6.20 Å². The number of hydrogen-bond donors (Lipinski definition) is 0. The molecule has 9 aromatic rings. The minimum absolute atomic E-state index is 0.0486. The molecule has 5 nitrogen and oxygen atoms in total. The van der Waals surface area contributed by atoms with Crippen LogP contribution in [0.3, 0.4) is 0 Å². The van der Waals surface area contributed by atoms with Gasteiger partial charge in [-0.2, -0.15) is 0 Å². The van der Waals surface area contributed by atoms with Crippen molar-refractivity contribution < 1.29 is 4.74 Å². The van der Waals surface area contributed by atoms with E-state index in [9.17, 15) is 0 Å². The van der Waals surface area contributed by atoms with Crippen LogP contribution in [0.1, 0.15) is 123 Å². The normalized spacial score (nSPS) is 13.8. The van der Waals surface area contributed by atoms with Crippen LogP contribution in [0.4, 0.5) is 11.4 Å². The molecule has 0 fully saturated rings. The molecule has 73 heavy (non-hydrogen) atoms. The van der Waals surface area contributed by atoms with Crippen molar-refractivity contribution in [3.05, 3.63) is 227 Å². The van der Waals surface area contributed by atoms with Gasteiger partial charge in [-0.3, -0.25) is 4.57 Å². The van der Waals surface area contributed by atoms with Crippen LogP contribution in [0.25, 0.3) is 38.8 Å². The predicted octanol–water partition coefficient (Wildman–Crippen LogP) is 18.1. The maximum absolute atomic E-state index is 7.11. The van der Waals surface area contributed by atoms with Crippen LogP contribution in [0.15, 0.2) is 194 Å². The maximum atomic E-state index is 7.11. The molecule has 0 unspecified atom stereocenters. The van der Waals surface area contributed by atoms with Crippen molar-refractivity contribution in [1.82, 2.24) is 9.55 Å². The Hall–Kier alpha value is -7.37. The molecule has 3 heterocycles. The van der Waals surface area contributed by atoms with Crippen molar-refractivity contribution >= 4 is 33.2 Å². The molecule has 7 aromatic carbocycles. The number of pyridine rings is 1. The first-order valence-corrected chi connectivity index (χ1v) is 26.0. The summed E-state index contributed by atoms with van der Waals surface area (Å²) in [4.78, 5) is 9.96. The number of aromatic nitrogens is 2. The third-order valence-corrected chi connectivity index (χ3v) is 15.3. The smallest absolute Gasteiger partial charge is 0.137 e. The SMILES string of the molecule is CC(C)(C)C1=CN(c2cc(Oc3ccc4c5cc(C(C)(C)c6ccccc6)ccc5n(-c5cc(C(C)(C)C)ccn5)c4c3)cc(-c3ccccc3)c2)CN1c1cc(C(C)(C)C)cc(C(C)(C)c2ccccc2)c1. The van der Waals surface area contributed by atoms with Crippen molar-refractivity contribution in [2.45, 2.75) is 112 Å². The molecule has 2 aromatic heterocycles. The molecule has 370 valence electrons. The fourth-order valence-corrected chi connectivity index (χ4v) is 10.5. The van der Waals surface area contributed by atoms with Crippen molar-refractivity contribution in [1.29, 1.82) is 0 Å². The van der Waals surface area contributed by atoms with Gasteiger partial charge in [-0.05, 0) is 116 Å². The summed E-state index contributed by atoms with van der Waals surface area (Å²) >= 11 is 0. The lowest BCUT2D eigenvalue weighted by molar-refractivity contribution is 0.483. The number of anilines is 2. The second kappa shape index (κ2) is 18.3. The van der Waals surface area contributed by atoms with E-state index in [2.05, 4.69) is 287 Å². The van der Waals surface area contributed by atoms with Crippen LogP contribution in [0, 0.1) is 5.41 Å². The van der Waals surface area contributed by atoms with Crippen LogP contribution < -0.4 is 14.5 Å². The van der Waals surface area contributed by atoms with Gasteiger partial charge in [0.1, 0.15) is 17.3 Å². The monoisotopic (exact) mass is 961 g/mol. The zero-order valence-electron chi connectivity index (χ0n) is 45.3. The first-order valence-electron chi connectivity index (χ1n) is 26.0. The summed E-state index contributed by atoms with van der Waals surface area (Å²) in [5, 5.41) is 2.33. The molecule has 5 heteroatoms. The van der Waals surface area contributed by atoms with Crippen LogP contribution in [-0.2, 0) is 21.7 Å². The molecule has 0 radical (unpaired) electrons. The Bertz CT molecular complexity index is 3510. The number of ether oxygens (including phenoxy) is 1. The molecular weight excluding hydrogens is 889 g/mol. The molecule has 0 atom stereocenters. The lowest BCUT2D eigenvalue weighted by atomic mass is 9.75. The summed E-state index contributed by atoms with van der Waals surface area (Å²) < 4.78 is 9.42. The third-order valence-electron chi connectivity index (χ3n) is 15.3. The summed E-state index contributed by atoms with van der Waals surface area (Å²) in [6, 6.07) is 64.2. The first kappa shape index (κ1) is 49.2. The molecule has 0 bridgehead atoms. The van der Waals surface area contributed by atoms with Crippen molar-refractivity contribution in [2.24, 2.45) is 5.41 Å². The second-order valence-corrected chi connectivity index (χ2v) is 24.4. The Morgan fingerprint density at radius 2 is 1.03 bits per heavy atom. The maximum Gasteiger partial charge on any atom is 0.137 e. The van der Waals surface area contributed by atoms with Gasteiger partial charge >= 0.3 is 0 Å². The highest BCUT2D eigenvalue weighted by Crippen LogP contribution is 2.45. The van der Waals surface area contributed by atoms with E-state index in [0.717, 1.165) is 50.6 Å². The lowest BCUT2D eigenvalue weighted by Gasteiger charge is -2.34. The Kier molecular flexibility index (Phi) is 12.3. The van der Waals surface area contributed by atoms with Gasteiger partial charge in [0.2, 0.25) is 0 Å². The number of benzene rings is 7. The van der Waals surface area contributed by atoms with Gasteiger partial charge in [-0.15, -0.1) is 0 Å². The number of hydrogen-bond acceptors (Lipinski definition) is 4. The standard InChI is InChI=1S/C68H72N4O/c1-64(2,3)50-33-34-69-63(41-50)72-60-32-29-51(67(10,11)48-25-19-15-20-26-48)40-59(60)58-31-30-56(43-61(58)72)73-57-36-47(46-23-17-14-18-24-46)35-54(42-57)70-44-62(66(7,8)9)71(45-70)55-38-52(65(4,5)6)37-53(39-55)68(12,13)49-27-21-16-22-28-49/h14-44H,45H2,1-13H3. The van der Waals surface area contributed by atoms with Crippen molar-refractivity contribution in [3.63, 3.8) is 0 Å². The van der Waals surface area contributed by atoms with E-state index in [1.54, 1.807) is 0 Å². The summed E-state index contributed by atoms with van der Waals surface area (Å²) in [5.74, 6) is 2.41. The molecule has 0 N–H and O–H groups in total. The zero-order valence-corrected chi connectivity index (χ0v) is 45.3. The molecule has 0 amide bonds. The van der Waals surface area contributed by atoms with Gasteiger partial charge in [0.25, 0.3) is 0 Å². The summed E-state index contributed by atoms with van der Waals surface area (Å²) in [6.07, 6.45) is 4.30. The van der Waals surface area contributed by atoms with E-state index in [-0.39, 0.29) is 27.1 Å². The molecular formula is C68H72N4O. The Labute approximate surface area is 434 Å². The van der Waals surface area contributed by atoms with Crippen LogP contribution >= 0.6 is 0 Å².